The second kappa shape index (κ2) is 19.0. The zero-order valence-corrected chi connectivity index (χ0v) is 30.8. The molecule has 2 saturated heterocycles. The third kappa shape index (κ3) is 11.0. The van der Waals surface area contributed by atoms with Gasteiger partial charge in [0, 0.05) is 68.4 Å². The molecule has 2 aliphatic heterocycles. The molecule has 2 fully saturated rings. The van der Waals surface area contributed by atoms with Gasteiger partial charge < -0.3 is 36.1 Å². The second-order valence-electron chi connectivity index (χ2n) is 12.3. The Labute approximate surface area is 313 Å². The number of aromatic nitrogens is 2. The van der Waals surface area contributed by atoms with Crippen LogP contribution in [0.15, 0.2) is 73.3 Å². The molecule has 6 N–H and O–H groups in total. The maximum Gasteiger partial charge on any atom is 0.488 e. The van der Waals surface area contributed by atoms with Gasteiger partial charge in [0.15, 0.2) is 0 Å². The van der Waals surface area contributed by atoms with Crippen molar-refractivity contribution in [2.75, 3.05) is 43.1 Å². The van der Waals surface area contributed by atoms with Crippen molar-refractivity contribution in [2.24, 2.45) is 23.3 Å². The summed E-state index contributed by atoms with van der Waals surface area (Å²) >= 11 is 18.6. The van der Waals surface area contributed by atoms with Gasteiger partial charge in [-0.1, -0.05) is 76.8 Å². The Hall–Kier alpha value is -4.07. The van der Waals surface area contributed by atoms with E-state index in [9.17, 15) is 9.59 Å². The quantitative estimate of drug-likeness (QED) is 0.192. The van der Waals surface area contributed by atoms with Gasteiger partial charge in [0.1, 0.15) is 5.75 Å². The number of nitrogens with zero attached hydrogens (tertiary/aromatic N) is 4. The summed E-state index contributed by atoms with van der Waals surface area (Å²) in [5, 5.41) is 19.0. The number of methoxy groups -OCH3 is 1. The molecule has 15 heteroatoms. The van der Waals surface area contributed by atoms with E-state index in [1.807, 2.05) is 49.5 Å². The molecule has 0 saturated carbocycles. The van der Waals surface area contributed by atoms with Gasteiger partial charge in [0.25, 0.3) is 0 Å². The molecule has 2 amide bonds. The Morgan fingerprint density at radius 1 is 0.725 bits per heavy atom. The maximum absolute atomic E-state index is 11.4. The van der Waals surface area contributed by atoms with E-state index in [1.165, 1.54) is 0 Å². The van der Waals surface area contributed by atoms with Crippen molar-refractivity contribution in [3.8, 4) is 16.9 Å². The summed E-state index contributed by atoms with van der Waals surface area (Å²) in [5.41, 5.74) is 16.1. The largest absolute Gasteiger partial charge is 0.497 e. The van der Waals surface area contributed by atoms with E-state index in [0.717, 1.165) is 85.7 Å². The lowest BCUT2D eigenvalue weighted by Gasteiger charge is -2.34. The number of rotatable bonds is 7. The van der Waals surface area contributed by atoms with E-state index in [2.05, 4.69) is 19.8 Å². The number of carbonyl (C=O) groups excluding carboxylic acids is 2. The molecule has 0 aliphatic carbocycles. The molecule has 2 aliphatic rings. The molecule has 0 radical (unpaired) electrons. The van der Waals surface area contributed by atoms with Gasteiger partial charge in [0.05, 0.1) is 33.6 Å². The first-order chi connectivity index (χ1) is 24.4. The number of amides is 2. The van der Waals surface area contributed by atoms with Crippen LogP contribution < -0.4 is 31.5 Å². The fraction of sp³-hybridized carbons (Fsp3) is 0.333. The van der Waals surface area contributed by atoms with Crippen LogP contribution in [0.5, 0.6) is 5.75 Å². The van der Waals surface area contributed by atoms with Crippen LogP contribution in [-0.2, 0) is 9.59 Å². The molecule has 0 bridgehead atoms. The summed E-state index contributed by atoms with van der Waals surface area (Å²) in [6.07, 6.45) is 9.60. The van der Waals surface area contributed by atoms with Gasteiger partial charge in [-0.3, -0.25) is 19.6 Å². The van der Waals surface area contributed by atoms with Gasteiger partial charge in [0.2, 0.25) is 11.8 Å². The van der Waals surface area contributed by atoms with Crippen molar-refractivity contribution in [1.29, 1.82) is 0 Å². The standard InChI is InChI=1S/C18H20ClN3O2.C11H13Cl2N3O.C7H9BO2/c1-24-14-4-2-12(3-5-14)15-10-21-11-16(19)17(15)22-8-6-13(7-9-22)18(20)23;12-8-5-15-6-9(13)10(8)16-3-1-7(2-4-16)11(14)17;1-6-2-4-7(5-3-6)8(9)10/h2-5,10-11,13H,6-9H2,1H3,(H2,20,23);5-7H,1-4H2,(H2,14,17);2-5,9-10H,1H3. The Morgan fingerprint density at radius 3 is 1.59 bits per heavy atom. The van der Waals surface area contributed by atoms with Crippen molar-refractivity contribution < 1.29 is 24.4 Å². The van der Waals surface area contributed by atoms with E-state index in [1.54, 1.807) is 37.8 Å². The van der Waals surface area contributed by atoms with Crippen molar-refractivity contribution >= 4 is 70.6 Å². The van der Waals surface area contributed by atoms with E-state index < -0.39 is 7.12 Å². The first kappa shape index (κ1) is 39.7. The van der Waals surface area contributed by atoms with Crippen LogP contribution in [0.2, 0.25) is 15.1 Å². The highest BCUT2D eigenvalue weighted by Crippen LogP contribution is 2.39. The second-order valence-corrected chi connectivity index (χ2v) is 13.5. The number of aryl methyl sites for hydroxylation is 1. The summed E-state index contributed by atoms with van der Waals surface area (Å²) < 4.78 is 5.21. The van der Waals surface area contributed by atoms with Crippen molar-refractivity contribution in [1.82, 2.24) is 9.97 Å². The van der Waals surface area contributed by atoms with Gasteiger partial charge >= 0.3 is 7.12 Å². The third-order valence-corrected chi connectivity index (χ3v) is 9.73. The van der Waals surface area contributed by atoms with E-state index in [-0.39, 0.29) is 23.7 Å². The molecule has 0 spiro atoms. The molecule has 0 atom stereocenters. The van der Waals surface area contributed by atoms with Crippen molar-refractivity contribution in [3.05, 3.63) is 93.9 Å². The van der Waals surface area contributed by atoms with Crippen molar-refractivity contribution in [3.63, 3.8) is 0 Å². The molecule has 0 unspecified atom stereocenters. The summed E-state index contributed by atoms with van der Waals surface area (Å²) in [4.78, 5) is 34.9. The SMILES string of the molecule is COc1ccc(-c2cncc(Cl)c2N2CCC(C(N)=O)CC2)cc1.Cc1ccc(B(O)O)cc1.NC(=O)C1CCN(c2c(Cl)cncc2Cl)CC1. The molecule has 4 aromatic rings. The fourth-order valence-corrected chi connectivity index (χ4v) is 6.83. The normalized spacial score (nSPS) is 14.8. The molecule has 2 aromatic heterocycles. The van der Waals surface area contributed by atoms with Crippen molar-refractivity contribution in [2.45, 2.75) is 32.6 Å². The lowest BCUT2D eigenvalue weighted by Crippen LogP contribution is -2.38. The number of hydrogen-bond acceptors (Lipinski definition) is 9. The monoisotopic (exact) mass is 754 g/mol. The van der Waals surface area contributed by atoms with Gasteiger partial charge in [-0.15, -0.1) is 0 Å². The van der Waals surface area contributed by atoms with Crippen LogP contribution in [0, 0.1) is 18.8 Å². The van der Waals surface area contributed by atoms with E-state index in [0.29, 0.717) is 20.5 Å². The van der Waals surface area contributed by atoms with Crippen LogP contribution in [0.4, 0.5) is 11.4 Å². The minimum absolute atomic E-state index is 0.0364. The Bertz CT molecular complexity index is 1730. The highest BCUT2D eigenvalue weighted by Gasteiger charge is 2.27. The average molecular weight is 756 g/mol. The number of primary amides is 2. The molecule has 4 heterocycles. The predicted octanol–water partition coefficient (Wildman–Crippen LogP) is 4.88. The number of halogens is 3. The summed E-state index contributed by atoms with van der Waals surface area (Å²) in [6, 6.07) is 14.9. The Kier molecular flexibility index (Phi) is 14.8. The minimum atomic E-state index is -1.35. The average Bonchev–Trinajstić information content (AvgIpc) is 3.12. The molecule has 2 aromatic carbocycles. The number of ether oxygens (including phenoxy) is 1. The predicted molar refractivity (Wildman–Crippen MR) is 205 cm³/mol. The smallest absolute Gasteiger partial charge is 0.488 e. The number of nitrogens with two attached hydrogens (primary N) is 2. The number of anilines is 2. The topological polar surface area (TPSA) is 168 Å². The third-order valence-electron chi connectivity index (χ3n) is 8.90. The molecular formula is C36H42BCl3N6O5. The zero-order chi connectivity index (χ0) is 37.1. The number of benzene rings is 2. The van der Waals surface area contributed by atoms with E-state index in [4.69, 9.17) is 61.1 Å². The van der Waals surface area contributed by atoms with Crippen LogP contribution >= 0.6 is 34.8 Å². The van der Waals surface area contributed by atoms with Crippen LogP contribution in [0.1, 0.15) is 31.2 Å². The first-order valence-corrected chi connectivity index (χ1v) is 17.6. The molecular weight excluding hydrogens is 714 g/mol. The fourth-order valence-electron chi connectivity index (χ4n) is 5.95. The highest BCUT2D eigenvalue weighted by molar-refractivity contribution is 6.58. The first-order valence-electron chi connectivity index (χ1n) is 16.5. The van der Waals surface area contributed by atoms with Gasteiger partial charge in [-0.05, 0) is 55.8 Å². The molecule has 6 rings (SSSR count). The molecule has 270 valence electrons. The maximum atomic E-state index is 11.4. The minimum Gasteiger partial charge on any atom is -0.497 e. The zero-order valence-electron chi connectivity index (χ0n) is 28.5. The molecule has 11 nitrogen and oxygen atoms in total. The Balaban J connectivity index is 0.000000188. The lowest BCUT2D eigenvalue weighted by molar-refractivity contribution is -0.123. The number of piperidine rings is 2. The Morgan fingerprint density at radius 2 is 1.16 bits per heavy atom. The van der Waals surface area contributed by atoms with E-state index >= 15 is 0 Å². The summed E-state index contributed by atoms with van der Waals surface area (Å²) in [5.74, 6) is 0.275. The summed E-state index contributed by atoms with van der Waals surface area (Å²) in [7, 11) is 0.296. The lowest BCUT2D eigenvalue weighted by atomic mass is 9.80. The number of pyridine rings is 2. The van der Waals surface area contributed by atoms with Crippen LogP contribution in [0.25, 0.3) is 11.1 Å². The number of carbonyl (C=O) groups is 2. The van der Waals surface area contributed by atoms with Crippen LogP contribution in [0.3, 0.4) is 0 Å². The highest BCUT2D eigenvalue weighted by atomic mass is 35.5. The molecule has 51 heavy (non-hydrogen) atoms. The van der Waals surface area contributed by atoms with Gasteiger partial charge in [-0.25, -0.2) is 0 Å². The summed E-state index contributed by atoms with van der Waals surface area (Å²) in [6.45, 7) is 4.92. The van der Waals surface area contributed by atoms with Gasteiger partial charge in [-0.2, -0.15) is 0 Å². The number of hydrogen-bond donors (Lipinski definition) is 4. The van der Waals surface area contributed by atoms with Crippen LogP contribution in [-0.4, -0.2) is 72.2 Å².